The van der Waals surface area contributed by atoms with Gasteiger partial charge >= 0.3 is 6.03 Å². The van der Waals surface area contributed by atoms with E-state index in [1.165, 1.54) is 0 Å². The summed E-state index contributed by atoms with van der Waals surface area (Å²) >= 11 is 0. The highest BCUT2D eigenvalue weighted by Gasteiger charge is 2.17. The van der Waals surface area contributed by atoms with Crippen LogP contribution in [-0.4, -0.2) is 42.6 Å². The van der Waals surface area contributed by atoms with Crippen LogP contribution in [0.4, 0.5) is 10.5 Å². The van der Waals surface area contributed by atoms with Crippen molar-refractivity contribution in [1.82, 2.24) is 15.2 Å². The average Bonchev–Trinajstić information content (AvgIpc) is 2.62. The number of likely N-dealkylation sites (tertiary alicyclic amines) is 1. The Labute approximate surface area is 143 Å². The van der Waals surface area contributed by atoms with E-state index in [4.69, 9.17) is 0 Å². The van der Waals surface area contributed by atoms with Gasteiger partial charge in [-0.3, -0.25) is 4.98 Å². The van der Waals surface area contributed by atoms with Gasteiger partial charge in [0.1, 0.15) is 0 Å². The van der Waals surface area contributed by atoms with Gasteiger partial charge in [-0.05, 0) is 51.0 Å². The first-order chi connectivity index (χ1) is 11.7. The molecular weight excluding hydrogens is 300 g/mol. The number of aromatic nitrogens is 1. The molecule has 0 saturated carbocycles. The van der Waals surface area contributed by atoms with E-state index in [0.29, 0.717) is 5.92 Å². The summed E-state index contributed by atoms with van der Waals surface area (Å²) in [4.78, 5) is 19.0. The lowest BCUT2D eigenvalue weighted by Crippen LogP contribution is -2.38. The van der Waals surface area contributed by atoms with Crippen molar-refractivity contribution < 1.29 is 4.79 Å². The lowest BCUT2D eigenvalue weighted by atomic mass is 9.97. The molecule has 2 amide bonds. The van der Waals surface area contributed by atoms with Crippen LogP contribution < -0.4 is 10.6 Å². The standard InChI is InChI=1S/C19H24N4O/c1-23-12-9-15(10-13-23)14-21-19(24)22-17-8-5-11-20-18(17)16-6-3-2-4-7-16/h2-8,11,15H,9-10,12-14H2,1H3,(H2,21,22,24). The predicted octanol–water partition coefficient (Wildman–Crippen LogP) is 3.21. The van der Waals surface area contributed by atoms with Gasteiger partial charge in [-0.1, -0.05) is 30.3 Å². The number of carbonyl (C=O) groups is 1. The molecule has 5 nitrogen and oxygen atoms in total. The van der Waals surface area contributed by atoms with Crippen molar-refractivity contribution in [2.24, 2.45) is 5.92 Å². The van der Waals surface area contributed by atoms with Gasteiger partial charge in [0.2, 0.25) is 0 Å². The van der Waals surface area contributed by atoms with Crippen molar-refractivity contribution in [3.63, 3.8) is 0 Å². The number of nitrogens with zero attached hydrogens (tertiary/aromatic N) is 2. The first-order valence-corrected chi connectivity index (χ1v) is 8.46. The Kier molecular flexibility index (Phi) is 5.43. The molecule has 1 aromatic carbocycles. The molecule has 3 rings (SSSR count). The molecule has 0 unspecified atom stereocenters. The first-order valence-electron chi connectivity index (χ1n) is 8.46. The average molecular weight is 324 g/mol. The number of anilines is 1. The molecule has 0 bridgehead atoms. The summed E-state index contributed by atoms with van der Waals surface area (Å²) in [6, 6.07) is 13.4. The van der Waals surface area contributed by atoms with Crippen LogP contribution in [0.3, 0.4) is 0 Å². The summed E-state index contributed by atoms with van der Waals surface area (Å²) in [5.41, 5.74) is 2.50. The van der Waals surface area contributed by atoms with E-state index in [1.807, 2.05) is 42.5 Å². The van der Waals surface area contributed by atoms with Gasteiger partial charge in [0, 0.05) is 18.3 Å². The summed E-state index contributed by atoms with van der Waals surface area (Å²) in [7, 11) is 2.14. The fraction of sp³-hybridized carbons (Fsp3) is 0.368. The van der Waals surface area contributed by atoms with Crippen LogP contribution in [0.5, 0.6) is 0 Å². The number of piperidine rings is 1. The second-order valence-corrected chi connectivity index (χ2v) is 6.35. The number of rotatable bonds is 4. The van der Waals surface area contributed by atoms with Gasteiger partial charge < -0.3 is 15.5 Å². The summed E-state index contributed by atoms with van der Waals surface area (Å²) in [5, 5.41) is 5.93. The lowest BCUT2D eigenvalue weighted by molar-refractivity contribution is 0.213. The Morgan fingerprint density at radius 2 is 1.92 bits per heavy atom. The molecule has 0 atom stereocenters. The molecule has 1 aliphatic rings. The van der Waals surface area contributed by atoms with E-state index in [2.05, 4.69) is 27.6 Å². The fourth-order valence-electron chi connectivity index (χ4n) is 3.00. The van der Waals surface area contributed by atoms with E-state index >= 15 is 0 Å². The Balaban J connectivity index is 1.59. The molecule has 0 aliphatic carbocycles. The number of hydrogen-bond acceptors (Lipinski definition) is 3. The van der Waals surface area contributed by atoms with Crippen LogP contribution in [-0.2, 0) is 0 Å². The third-order valence-corrected chi connectivity index (χ3v) is 4.49. The molecule has 0 spiro atoms. The van der Waals surface area contributed by atoms with E-state index in [9.17, 15) is 4.79 Å². The normalized spacial score (nSPS) is 15.9. The van der Waals surface area contributed by atoms with Crippen molar-refractivity contribution in [3.8, 4) is 11.3 Å². The minimum Gasteiger partial charge on any atom is -0.338 e. The third kappa shape index (κ3) is 4.32. The largest absolute Gasteiger partial charge is 0.338 e. The van der Waals surface area contributed by atoms with Crippen molar-refractivity contribution >= 4 is 11.7 Å². The number of urea groups is 1. The zero-order valence-corrected chi connectivity index (χ0v) is 14.0. The van der Waals surface area contributed by atoms with E-state index in [0.717, 1.165) is 49.4 Å². The summed E-state index contributed by atoms with van der Waals surface area (Å²) in [6.07, 6.45) is 4.02. The van der Waals surface area contributed by atoms with Crippen LogP contribution in [0.1, 0.15) is 12.8 Å². The van der Waals surface area contributed by atoms with Gasteiger partial charge in [0.05, 0.1) is 11.4 Å². The second kappa shape index (κ2) is 7.93. The maximum Gasteiger partial charge on any atom is 0.319 e. The van der Waals surface area contributed by atoms with Crippen LogP contribution in [0, 0.1) is 5.92 Å². The van der Waals surface area contributed by atoms with Crippen LogP contribution in [0.25, 0.3) is 11.3 Å². The quantitative estimate of drug-likeness (QED) is 0.908. The van der Waals surface area contributed by atoms with Crippen molar-refractivity contribution in [1.29, 1.82) is 0 Å². The zero-order valence-electron chi connectivity index (χ0n) is 14.0. The van der Waals surface area contributed by atoms with Gasteiger partial charge in [-0.2, -0.15) is 0 Å². The Morgan fingerprint density at radius 3 is 2.67 bits per heavy atom. The molecular formula is C19H24N4O. The number of nitrogens with one attached hydrogen (secondary N) is 2. The molecule has 24 heavy (non-hydrogen) atoms. The predicted molar refractivity (Wildman–Crippen MR) is 96.9 cm³/mol. The van der Waals surface area contributed by atoms with E-state index in [-0.39, 0.29) is 6.03 Å². The van der Waals surface area contributed by atoms with E-state index < -0.39 is 0 Å². The van der Waals surface area contributed by atoms with Crippen LogP contribution in [0.15, 0.2) is 48.7 Å². The third-order valence-electron chi connectivity index (χ3n) is 4.49. The van der Waals surface area contributed by atoms with Crippen molar-refractivity contribution in [2.75, 3.05) is 32.0 Å². The summed E-state index contributed by atoms with van der Waals surface area (Å²) in [6.45, 7) is 2.93. The van der Waals surface area contributed by atoms with Crippen LogP contribution >= 0.6 is 0 Å². The molecule has 2 heterocycles. The Morgan fingerprint density at radius 1 is 1.17 bits per heavy atom. The van der Waals surface area contributed by atoms with E-state index in [1.54, 1.807) is 6.20 Å². The van der Waals surface area contributed by atoms with Gasteiger partial charge in [-0.15, -0.1) is 0 Å². The molecule has 1 aliphatic heterocycles. The maximum absolute atomic E-state index is 12.2. The molecule has 2 aromatic rings. The summed E-state index contributed by atoms with van der Waals surface area (Å²) in [5.74, 6) is 0.564. The van der Waals surface area contributed by atoms with Gasteiger partial charge in [-0.25, -0.2) is 4.79 Å². The van der Waals surface area contributed by atoms with Crippen molar-refractivity contribution in [3.05, 3.63) is 48.7 Å². The first kappa shape index (κ1) is 16.5. The fourth-order valence-corrected chi connectivity index (χ4v) is 3.00. The highest BCUT2D eigenvalue weighted by atomic mass is 16.2. The molecule has 126 valence electrons. The minimum atomic E-state index is -0.167. The van der Waals surface area contributed by atoms with Gasteiger partial charge in [0.15, 0.2) is 0 Å². The molecule has 1 fully saturated rings. The molecule has 1 aromatic heterocycles. The minimum absolute atomic E-state index is 0.167. The second-order valence-electron chi connectivity index (χ2n) is 6.35. The molecule has 1 saturated heterocycles. The van der Waals surface area contributed by atoms with Gasteiger partial charge in [0.25, 0.3) is 0 Å². The molecule has 2 N–H and O–H groups in total. The molecule has 0 radical (unpaired) electrons. The number of carbonyl (C=O) groups excluding carboxylic acids is 1. The SMILES string of the molecule is CN1CCC(CNC(=O)Nc2cccnc2-c2ccccc2)CC1. The monoisotopic (exact) mass is 324 g/mol. The van der Waals surface area contributed by atoms with Crippen molar-refractivity contribution in [2.45, 2.75) is 12.8 Å². The maximum atomic E-state index is 12.2. The molecule has 5 heteroatoms. The number of benzene rings is 1. The Bertz CT molecular complexity index is 666. The highest BCUT2D eigenvalue weighted by molar-refractivity contribution is 5.93. The number of amides is 2. The Hall–Kier alpha value is -2.40. The number of pyridine rings is 1. The number of hydrogen-bond donors (Lipinski definition) is 2. The lowest BCUT2D eigenvalue weighted by Gasteiger charge is -2.28. The smallest absolute Gasteiger partial charge is 0.319 e. The summed E-state index contributed by atoms with van der Waals surface area (Å²) < 4.78 is 0. The topological polar surface area (TPSA) is 57.3 Å². The highest BCUT2D eigenvalue weighted by Crippen LogP contribution is 2.24. The zero-order chi connectivity index (χ0) is 16.8. The van der Waals surface area contributed by atoms with Crippen LogP contribution in [0.2, 0.25) is 0 Å².